The number of rotatable bonds is 9. The van der Waals surface area contributed by atoms with Gasteiger partial charge in [0.05, 0.1) is 33.5 Å². The molecule has 0 aliphatic rings. The number of hydrogen-bond acceptors (Lipinski definition) is 8. The molecule has 302 valence electrons. The fraction of sp³-hybridized carbons (Fsp3) is 0.0784. The second-order valence-corrected chi connectivity index (χ2v) is 14.9. The normalized spacial score (nSPS) is 11.1. The number of anilines is 3. The average Bonchev–Trinajstić information content (AvgIpc) is 3.71. The summed E-state index contributed by atoms with van der Waals surface area (Å²) in [5.74, 6) is -1.26. The van der Waals surface area contributed by atoms with E-state index in [4.69, 9.17) is 4.42 Å². The average molecular weight is 814 g/mol. The molecule has 0 spiro atoms. The summed E-state index contributed by atoms with van der Waals surface area (Å²) in [5, 5.41) is 1.40. The summed E-state index contributed by atoms with van der Waals surface area (Å²) < 4.78 is 6.40. The maximum atomic E-state index is 14.8. The molecule has 62 heavy (non-hydrogen) atoms. The number of carbonyl (C=O) groups excluding carboxylic acids is 3. The molecule has 3 amide bonds. The highest BCUT2D eigenvalue weighted by molar-refractivity contribution is 6.20. The molecule has 9 aromatic rings. The van der Waals surface area contributed by atoms with Crippen molar-refractivity contribution in [1.82, 2.24) is 19.9 Å². The molecular weight excluding hydrogens is 775 g/mol. The second-order valence-electron chi connectivity index (χ2n) is 14.9. The molecule has 0 aliphatic carbocycles. The lowest BCUT2D eigenvalue weighted by Gasteiger charge is -2.23. The van der Waals surface area contributed by atoms with E-state index in [9.17, 15) is 14.4 Å². The van der Waals surface area contributed by atoms with Gasteiger partial charge in [-0.05, 0) is 110 Å². The van der Waals surface area contributed by atoms with Crippen LogP contribution in [0.1, 0.15) is 36.8 Å². The lowest BCUT2D eigenvalue weighted by molar-refractivity contribution is 0.0992. The van der Waals surface area contributed by atoms with Gasteiger partial charge in [-0.1, -0.05) is 42.5 Å². The second kappa shape index (κ2) is 16.4. The minimum absolute atomic E-state index is 0.142. The Kier molecular flexibility index (Phi) is 10.4. The number of benzene rings is 4. The molecule has 0 aliphatic heterocycles. The SMILES string of the molecule is Cc1ccc2c(n1)oc1c(-c3ccccn3)ccc(N(C)C(=O)c3cc(C(=O)N(C)c4ccc(-c5ccccn5)cc4)cc(C(=O)N(C)c4ccc(-c5ccccn5)cc4)c3)c12. The van der Waals surface area contributed by atoms with E-state index in [1.54, 1.807) is 39.7 Å². The molecule has 0 bridgehead atoms. The van der Waals surface area contributed by atoms with E-state index in [0.717, 1.165) is 39.2 Å². The zero-order valence-electron chi connectivity index (χ0n) is 34.4. The lowest BCUT2D eigenvalue weighted by atomic mass is 10.0. The van der Waals surface area contributed by atoms with Crippen LogP contribution in [0.5, 0.6) is 0 Å². The quantitative estimate of drug-likeness (QED) is 0.141. The van der Waals surface area contributed by atoms with E-state index in [2.05, 4.69) is 19.9 Å². The number of hydrogen-bond donors (Lipinski definition) is 0. The first-order valence-electron chi connectivity index (χ1n) is 19.9. The van der Waals surface area contributed by atoms with E-state index < -0.39 is 17.7 Å². The highest BCUT2D eigenvalue weighted by Crippen LogP contribution is 2.41. The summed E-state index contributed by atoms with van der Waals surface area (Å²) in [5.41, 5.74) is 8.84. The van der Waals surface area contributed by atoms with Crippen molar-refractivity contribution in [2.45, 2.75) is 6.92 Å². The molecule has 4 aromatic carbocycles. The number of aryl methyl sites for hydroxylation is 1. The van der Waals surface area contributed by atoms with Gasteiger partial charge < -0.3 is 19.1 Å². The van der Waals surface area contributed by atoms with E-state index >= 15 is 0 Å². The van der Waals surface area contributed by atoms with E-state index in [-0.39, 0.29) is 16.7 Å². The van der Waals surface area contributed by atoms with E-state index in [1.165, 1.54) is 32.9 Å². The van der Waals surface area contributed by atoms with Gasteiger partial charge in [-0.15, -0.1) is 0 Å². The van der Waals surface area contributed by atoms with Gasteiger partial charge in [0.25, 0.3) is 17.7 Å². The van der Waals surface area contributed by atoms with Gasteiger partial charge in [0.2, 0.25) is 5.71 Å². The number of nitrogens with zero attached hydrogens (tertiary/aromatic N) is 7. The standard InChI is InChI=1S/C51H39N7O4/c1-32-14-23-41-46-45(25-24-40(44-13-7-10-28-54-44)47(46)62-48(41)55-32)58(4)51(61)37-30-35(49(59)56(2)38-19-15-33(16-20-38)42-11-5-8-26-52-42)29-36(31-37)50(60)57(3)39-21-17-34(18-22-39)43-12-6-9-27-53-43/h5-31H,1-4H3. The van der Waals surface area contributed by atoms with Gasteiger partial charge in [-0.25, -0.2) is 4.98 Å². The molecule has 0 saturated heterocycles. The van der Waals surface area contributed by atoms with Crippen LogP contribution >= 0.6 is 0 Å². The summed E-state index contributed by atoms with van der Waals surface area (Å²) in [6.45, 7) is 1.89. The monoisotopic (exact) mass is 813 g/mol. The Hall–Kier alpha value is -8.31. The first-order chi connectivity index (χ1) is 30.1. The van der Waals surface area contributed by atoms with Crippen molar-refractivity contribution in [3.05, 3.63) is 187 Å². The van der Waals surface area contributed by atoms with Crippen LogP contribution < -0.4 is 14.7 Å². The van der Waals surface area contributed by atoms with Crippen LogP contribution in [-0.2, 0) is 0 Å². The number of amides is 3. The van der Waals surface area contributed by atoms with E-state index in [1.807, 2.05) is 134 Å². The van der Waals surface area contributed by atoms with Crippen LogP contribution in [0.3, 0.4) is 0 Å². The predicted octanol–water partition coefficient (Wildman–Crippen LogP) is 10.3. The molecule has 0 unspecified atom stereocenters. The number of pyridine rings is 4. The predicted molar refractivity (Wildman–Crippen MR) is 243 cm³/mol. The van der Waals surface area contributed by atoms with Crippen LogP contribution in [0.2, 0.25) is 0 Å². The molecule has 11 nitrogen and oxygen atoms in total. The first-order valence-corrected chi connectivity index (χ1v) is 19.9. The van der Waals surface area contributed by atoms with Gasteiger partial charge in [-0.3, -0.25) is 29.3 Å². The third kappa shape index (κ3) is 7.43. The van der Waals surface area contributed by atoms with E-state index in [0.29, 0.717) is 39.4 Å². The Morgan fingerprint density at radius 1 is 0.500 bits per heavy atom. The van der Waals surface area contributed by atoms with Crippen molar-refractivity contribution in [2.75, 3.05) is 35.8 Å². The lowest BCUT2D eigenvalue weighted by Crippen LogP contribution is -2.31. The first kappa shape index (κ1) is 39.2. The van der Waals surface area contributed by atoms with Crippen molar-refractivity contribution in [3.8, 4) is 33.8 Å². The number of fused-ring (bicyclic) bond motifs is 3. The minimum atomic E-state index is -0.445. The van der Waals surface area contributed by atoms with Crippen molar-refractivity contribution < 1.29 is 18.8 Å². The van der Waals surface area contributed by atoms with Crippen molar-refractivity contribution in [2.24, 2.45) is 0 Å². The minimum Gasteiger partial charge on any atom is -0.437 e. The van der Waals surface area contributed by atoms with Crippen molar-refractivity contribution in [3.63, 3.8) is 0 Å². The zero-order valence-corrected chi connectivity index (χ0v) is 34.4. The third-order valence-electron chi connectivity index (χ3n) is 10.9. The van der Waals surface area contributed by atoms with Crippen molar-refractivity contribution in [1.29, 1.82) is 0 Å². The van der Waals surface area contributed by atoms with Crippen LogP contribution in [0.4, 0.5) is 17.1 Å². The highest BCUT2D eigenvalue weighted by Gasteiger charge is 2.26. The van der Waals surface area contributed by atoms with Crippen LogP contribution in [0, 0.1) is 6.92 Å². The summed E-state index contributed by atoms with van der Waals surface area (Å²) in [4.78, 5) is 66.3. The topological polar surface area (TPSA) is 126 Å². The van der Waals surface area contributed by atoms with Crippen LogP contribution in [-0.4, -0.2) is 58.8 Å². The Bertz CT molecular complexity index is 3000. The summed E-state index contributed by atoms with van der Waals surface area (Å²) >= 11 is 0. The van der Waals surface area contributed by atoms with Crippen LogP contribution in [0.25, 0.3) is 55.8 Å². The zero-order chi connectivity index (χ0) is 42.9. The molecule has 0 N–H and O–H groups in total. The molecule has 0 fully saturated rings. The Morgan fingerprint density at radius 3 is 1.44 bits per heavy atom. The van der Waals surface area contributed by atoms with Gasteiger partial charge >= 0.3 is 0 Å². The van der Waals surface area contributed by atoms with Gasteiger partial charge in [0.1, 0.15) is 5.58 Å². The molecule has 5 heterocycles. The fourth-order valence-corrected chi connectivity index (χ4v) is 7.54. The molecule has 0 radical (unpaired) electrons. The van der Waals surface area contributed by atoms with Gasteiger partial charge in [0.15, 0.2) is 0 Å². The summed E-state index contributed by atoms with van der Waals surface area (Å²) in [6.07, 6.45) is 5.17. The number of carbonyl (C=O) groups is 3. The molecular formula is C51H39N7O4. The summed E-state index contributed by atoms with van der Waals surface area (Å²) in [7, 11) is 4.99. The third-order valence-corrected chi connectivity index (χ3v) is 10.9. The Morgan fingerprint density at radius 2 is 0.968 bits per heavy atom. The largest absolute Gasteiger partial charge is 0.437 e. The Balaban J connectivity index is 1.10. The molecule has 5 aromatic heterocycles. The molecule has 9 rings (SSSR count). The van der Waals surface area contributed by atoms with Crippen LogP contribution in [0.15, 0.2) is 169 Å². The maximum absolute atomic E-state index is 14.8. The van der Waals surface area contributed by atoms with Gasteiger partial charge in [-0.2, -0.15) is 0 Å². The smallest absolute Gasteiger partial charge is 0.258 e. The summed E-state index contributed by atoms with van der Waals surface area (Å²) in [6, 6.07) is 44.1. The Labute approximate surface area is 357 Å². The maximum Gasteiger partial charge on any atom is 0.258 e. The fourth-order valence-electron chi connectivity index (χ4n) is 7.54. The highest BCUT2D eigenvalue weighted by atomic mass is 16.3. The van der Waals surface area contributed by atoms with Crippen molar-refractivity contribution >= 4 is 56.9 Å². The molecule has 0 atom stereocenters. The number of aromatic nitrogens is 4. The van der Waals surface area contributed by atoms with Gasteiger partial charge in [0, 0.05) is 90.2 Å². The molecule has 0 saturated carbocycles. The molecule has 11 heteroatoms. The number of furan rings is 1.